The minimum Gasteiger partial charge on any atom is -0.469 e. The normalized spacial score (nSPS) is 23.6. The first-order valence-corrected chi connectivity index (χ1v) is 7.54. The summed E-state index contributed by atoms with van der Waals surface area (Å²) >= 11 is 1.49. The van der Waals surface area contributed by atoms with Gasteiger partial charge in [-0.15, -0.1) is 0 Å². The summed E-state index contributed by atoms with van der Waals surface area (Å²) in [6.45, 7) is 1.87. The lowest BCUT2D eigenvalue weighted by Gasteiger charge is -2.32. The average molecular weight is 281 g/mol. The van der Waals surface area contributed by atoms with Gasteiger partial charge >= 0.3 is 5.97 Å². The molecule has 0 fully saturated rings. The van der Waals surface area contributed by atoms with Crippen LogP contribution in [0.5, 0.6) is 0 Å². The van der Waals surface area contributed by atoms with Crippen LogP contribution in [0.4, 0.5) is 0 Å². The number of methoxy groups -OCH3 is 1. The van der Waals surface area contributed by atoms with E-state index < -0.39 is 0 Å². The van der Waals surface area contributed by atoms with Gasteiger partial charge in [0.05, 0.1) is 24.8 Å². The molecule has 1 aromatic heterocycles. The van der Waals surface area contributed by atoms with Gasteiger partial charge in [0, 0.05) is 6.20 Å². The molecule has 19 heavy (non-hydrogen) atoms. The van der Waals surface area contributed by atoms with Crippen LogP contribution in [-0.2, 0) is 16.0 Å². The third-order valence-electron chi connectivity index (χ3n) is 3.80. The van der Waals surface area contributed by atoms with Gasteiger partial charge in [0.25, 0.3) is 0 Å². The van der Waals surface area contributed by atoms with E-state index in [0.29, 0.717) is 0 Å². The number of thioether (sulfide) groups is 1. The zero-order valence-corrected chi connectivity index (χ0v) is 12.2. The minimum absolute atomic E-state index is 0.0737. The summed E-state index contributed by atoms with van der Waals surface area (Å²) < 4.78 is 4.82. The highest BCUT2D eigenvalue weighted by atomic mass is 32.2. The lowest BCUT2D eigenvalue weighted by molar-refractivity contribution is -0.147. The standard InChI is InChI=1S/C13H19N3O2S/c1-7(12(17)18-2)9-5-4-8-6-15-13(19-3)16-11(8)10(9)14/h6-7,9-10H,4-5,14H2,1-3H3/t7-,9?,10?/m1/s1. The van der Waals surface area contributed by atoms with Crippen molar-refractivity contribution in [2.45, 2.75) is 31.0 Å². The Hall–Kier alpha value is -1.14. The molecular weight excluding hydrogens is 262 g/mol. The van der Waals surface area contributed by atoms with Crippen LogP contribution in [0.3, 0.4) is 0 Å². The maximum absolute atomic E-state index is 11.7. The Bertz CT molecular complexity index is 481. The molecule has 1 heterocycles. The first kappa shape index (κ1) is 14.3. The molecule has 0 aliphatic heterocycles. The van der Waals surface area contributed by atoms with E-state index >= 15 is 0 Å². The number of ether oxygens (including phenoxy) is 1. The van der Waals surface area contributed by atoms with Gasteiger partial charge in [-0.25, -0.2) is 9.97 Å². The largest absolute Gasteiger partial charge is 0.469 e. The first-order valence-electron chi connectivity index (χ1n) is 6.31. The Labute approximate surface area is 117 Å². The highest BCUT2D eigenvalue weighted by Gasteiger charge is 2.35. The van der Waals surface area contributed by atoms with E-state index in [1.54, 1.807) is 0 Å². The van der Waals surface area contributed by atoms with Crippen LogP contribution in [-0.4, -0.2) is 29.3 Å². The van der Waals surface area contributed by atoms with Crippen molar-refractivity contribution in [3.05, 3.63) is 17.5 Å². The van der Waals surface area contributed by atoms with Crippen LogP contribution >= 0.6 is 11.8 Å². The van der Waals surface area contributed by atoms with Gasteiger partial charge in [0.1, 0.15) is 0 Å². The van der Waals surface area contributed by atoms with Crippen molar-refractivity contribution in [1.82, 2.24) is 9.97 Å². The third-order valence-corrected chi connectivity index (χ3v) is 4.36. The van der Waals surface area contributed by atoms with Crippen molar-refractivity contribution in [3.63, 3.8) is 0 Å². The fourth-order valence-corrected chi connectivity index (χ4v) is 2.96. The lowest BCUT2D eigenvalue weighted by atomic mass is 9.76. The van der Waals surface area contributed by atoms with Gasteiger partial charge < -0.3 is 10.5 Å². The van der Waals surface area contributed by atoms with Crippen molar-refractivity contribution in [2.75, 3.05) is 13.4 Å². The Morgan fingerprint density at radius 3 is 3.00 bits per heavy atom. The number of carbonyl (C=O) groups is 1. The van der Waals surface area contributed by atoms with Gasteiger partial charge in [0.15, 0.2) is 5.16 Å². The number of esters is 1. The van der Waals surface area contributed by atoms with Gasteiger partial charge in [0.2, 0.25) is 0 Å². The smallest absolute Gasteiger partial charge is 0.308 e. The number of rotatable bonds is 3. The van der Waals surface area contributed by atoms with E-state index in [4.69, 9.17) is 10.5 Å². The average Bonchev–Trinajstić information content (AvgIpc) is 2.46. The van der Waals surface area contributed by atoms with E-state index in [2.05, 4.69) is 9.97 Å². The molecule has 1 aliphatic carbocycles. The summed E-state index contributed by atoms with van der Waals surface area (Å²) in [5.74, 6) is -0.339. The molecule has 0 aromatic carbocycles. The number of aryl methyl sites for hydroxylation is 1. The molecule has 1 aromatic rings. The third kappa shape index (κ3) is 2.74. The minimum atomic E-state index is -0.230. The number of nitrogens with zero attached hydrogens (tertiary/aromatic N) is 2. The molecule has 2 unspecified atom stereocenters. The van der Waals surface area contributed by atoms with Gasteiger partial charge in [-0.1, -0.05) is 18.7 Å². The summed E-state index contributed by atoms with van der Waals surface area (Å²) in [6.07, 6.45) is 5.52. The second-order valence-corrected chi connectivity index (χ2v) is 5.58. The van der Waals surface area contributed by atoms with Crippen molar-refractivity contribution >= 4 is 17.7 Å². The monoisotopic (exact) mass is 281 g/mol. The van der Waals surface area contributed by atoms with Crippen molar-refractivity contribution in [2.24, 2.45) is 17.6 Å². The quantitative estimate of drug-likeness (QED) is 0.515. The van der Waals surface area contributed by atoms with Gasteiger partial charge in [-0.05, 0) is 30.6 Å². The van der Waals surface area contributed by atoms with Crippen LogP contribution in [0.25, 0.3) is 0 Å². The Morgan fingerprint density at radius 2 is 2.37 bits per heavy atom. The molecule has 0 amide bonds. The maximum Gasteiger partial charge on any atom is 0.308 e. The van der Waals surface area contributed by atoms with Gasteiger partial charge in [-0.2, -0.15) is 0 Å². The Balaban J connectivity index is 2.27. The van der Waals surface area contributed by atoms with Crippen molar-refractivity contribution in [1.29, 1.82) is 0 Å². The zero-order valence-electron chi connectivity index (χ0n) is 11.4. The fraction of sp³-hybridized carbons (Fsp3) is 0.615. The first-order chi connectivity index (χ1) is 9.08. The molecule has 2 N–H and O–H groups in total. The number of nitrogens with two attached hydrogens (primary N) is 1. The maximum atomic E-state index is 11.7. The number of aromatic nitrogens is 2. The fourth-order valence-electron chi connectivity index (χ4n) is 2.61. The summed E-state index contributed by atoms with van der Waals surface area (Å²) in [6, 6.07) is -0.230. The molecule has 5 nitrogen and oxygen atoms in total. The van der Waals surface area contributed by atoms with E-state index in [-0.39, 0.29) is 23.8 Å². The molecule has 104 valence electrons. The molecule has 0 bridgehead atoms. The summed E-state index contributed by atoms with van der Waals surface area (Å²) in [7, 11) is 1.41. The lowest BCUT2D eigenvalue weighted by Crippen LogP contribution is -2.36. The molecule has 0 saturated heterocycles. The van der Waals surface area contributed by atoms with Crippen molar-refractivity contribution in [3.8, 4) is 0 Å². The van der Waals surface area contributed by atoms with Gasteiger partial charge in [-0.3, -0.25) is 4.79 Å². The number of fused-ring (bicyclic) bond motifs is 1. The number of hydrogen-bond donors (Lipinski definition) is 1. The summed E-state index contributed by atoms with van der Waals surface area (Å²) in [5, 5.41) is 0.723. The Kier molecular flexibility index (Phi) is 4.42. The van der Waals surface area contributed by atoms with Crippen LogP contribution in [0, 0.1) is 11.8 Å². The number of carbonyl (C=O) groups excluding carboxylic acids is 1. The second kappa shape index (κ2) is 5.88. The van der Waals surface area contributed by atoms with E-state index in [1.165, 1.54) is 18.9 Å². The SMILES string of the molecule is COC(=O)[C@H](C)C1CCc2cnc(SC)nc2C1N. The molecule has 6 heteroatoms. The molecule has 0 radical (unpaired) electrons. The van der Waals surface area contributed by atoms with Crippen LogP contribution in [0.15, 0.2) is 11.4 Å². The number of hydrogen-bond acceptors (Lipinski definition) is 6. The summed E-state index contributed by atoms with van der Waals surface area (Å²) in [4.78, 5) is 20.5. The van der Waals surface area contributed by atoms with E-state index in [0.717, 1.165) is 29.3 Å². The van der Waals surface area contributed by atoms with E-state index in [1.807, 2.05) is 19.4 Å². The molecule has 0 spiro atoms. The molecule has 2 rings (SSSR count). The predicted molar refractivity (Wildman–Crippen MR) is 73.7 cm³/mol. The Morgan fingerprint density at radius 1 is 1.63 bits per heavy atom. The highest BCUT2D eigenvalue weighted by Crippen LogP contribution is 2.36. The van der Waals surface area contributed by atoms with E-state index in [9.17, 15) is 4.79 Å². The topological polar surface area (TPSA) is 78.1 Å². The van der Waals surface area contributed by atoms with Crippen LogP contribution in [0.1, 0.15) is 30.6 Å². The van der Waals surface area contributed by atoms with Crippen LogP contribution < -0.4 is 5.73 Å². The molecule has 3 atom stereocenters. The zero-order chi connectivity index (χ0) is 14.0. The van der Waals surface area contributed by atoms with Crippen molar-refractivity contribution < 1.29 is 9.53 Å². The predicted octanol–water partition coefficient (Wildman–Crippen LogP) is 1.57. The molecule has 0 saturated carbocycles. The molecular formula is C13H19N3O2S. The second-order valence-electron chi connectivity index (χ2n) is 4.81. The molecule has 1 aliphatic rings. The van der Waals surface area contributed by atoms with Crippen LogP contribution in [0.2, 0.25) is 0 Å². The summed E-state index contributed by atoms with van der Waals surface area (Å²) in [5.41, 5.74) is 8.28. The highest BCUT2D eigenvalue weighted by molar-refractivity contribution is 7.98.